The maximum atomic E-state index is 11.6. The molecule has 2 heterocycles. The number of rotatable bonds is 4. The van der Waals surface area contributed by atoms with Crippen molar-refractivity contribution in [3.63, 3.8) is 0 Å². The molecule has 0 saturated carbocycles. The molecule has 1 aromatic carbocycles. The fourth-order valence-corrected chi connectivity index (χ4v) is 2.61. The summed E-state index contributed by atoms with van der Waals surface area (Å²) in [5.41, 5.74) is 2.41. The average Bonchev–Trinajstić information content (AvgIpc) is 2.82. The molecule has 2 aromatic rings. The van der Waals surface area contributed by atoms with Crippen LogP contribution in [0.4, 0.5) is 5.82 Å². The van der Waals surface area contributed by atoms with Crippen LogP contribution in [0.3, 0.4) is 0 Å². The number of carbonyl (C=O) groups is 1. The molecular formula is C16H18N4O. The zero-order valence-electron chi connectivity index (χ0n) is 12.2. The van der Waals surface area contributed by atoms with Crippen molar-refractivity contribution in [2.45, 2.75) is 32.4 Å². The lowest BCUT2D eigenvalue weighted by molar-refractivity contribution is 0.0961. The number of amides is 1. The Kier molecular flexibility index (Phi) is 3.33. The highest BCUT2D eigenvalue weighted by molar-refractivity contribution is 5.97. The van der Waals surface area contributed by atoms with Gasteiger partial charge in [-0.3, -0.25) is 4.79 Å². The summed E-state index contributed by atoms with van der Waals surface area (Å²) in [6.07, 6.45) is 2.30. The minimum Gasteiger partial charge on any atom is -0.364 e. The van der Waals surface area contributed by atoms with Crippen LogP contribution in [0, 0.1) is 0 Å². The zero-order chi connectivity index (χ0) is 14.9. The van der Waals surface area contributed by atoms with E-state index in [2.05, 4.69) is 46.6 Å². The lowest BCUT2D eigenvalue weighted by Gasteiger charge is -2.28. The summed E-state index contributed by atoms with van der Waals surface area (Å²) in [6, 6.07) is 10.3. The Morgan fingerprint density at radius 2 is 2.00 bits per heavy atom. The first-order valence-corrected chi connectivity index (χ1v) is 6.99. The zero-order valence-corrected chi connectivity index (χ0v) is 12.2. The van der Waals surface area contributed by atoms with E-state index in [-0.39, 0.29) is 11.4 Å². The SMILES string of the molecule is CC(C)(Cc1ccccc1)Nc1ncnc2c1CNC2=O. The quantitative estimate of drug-likeness (QED) is 0.901. The highest BCUT2D eigenvalue weighted by atomic mass is 16.2. The molecule has 0 unspecified atom stereocenters. The van der Waals surface area contributed by atoms with Gasteiger partial charge in [0.25, 0.3) is 5.91 Å². The molecule has 3 rings (SSSR count). The van der Waals surface area contributed by atoms with Gasteiger partial charge in [-0.25, -0.2) is 9.97 Å². The molecule has 0 fully saturated rings. The van der Waals surface area contributed by atoms with Gasteiger partial charge < -0.3 is 10.6 Å². The van der Waals surface area contributed by atoms with E-state index in [9.17, 15) is 4.79 Å². The maximum Gasteiger partial charge on any atom is 0.270 e. The number of hydrogen-bond acceptors (Lipinski definition) is 4. The number of benzene rings is 1. The van der Waals surface area contributed by atoms with E-state index < -0.39 is 0 Å². The fraction of sp³-hybridized carbons (Fsp3) is 0.312. The molecule has 5 heteroatoms. The maximum absolute atomic E-state index is 11.6. The van der Waals surface area contributed by atoms with Gasteiger partial charge in [0.2, 0.25) is 0 Å². The third kappa shape index (κ3) is 2.86. The Balaban J connectivity index is 1.82. The second-order valence-electron chi connectivity index (χ2n) is 5.90. The topological polar surface area (TPSA) is 66.9 Å². The monoisotopic (exact) mass is 282 g/mol. The van der Waals surface area contributed by atoms with E-state index in [0.29, 0.717) is 12.2 Å². The molecule has 2 N–H and O–H groups in total. The van der Waals surface area contributed by atoms with Crippen molar-refractivity contribution in [1.82, 2.24) is 15.3 Å². The van der Waals surface area contributed by atoms with E-state index in [0.717, 1.165) is 17.8 Å². The predicted octanol–water partition coefficient (Wildman–Crippen LogP) is 2.15. The summed E-state index contributed by atoms with van der Waals surface area (Å²) in [5.74, 6) is 0.607. The third-order valence-electron chi connectivity index (χ3n) is 3.53. The summed E-state index contributed by atoms with van der Waals surface area (Å²) in [4.78, 5) is 20.0. The van der Waals surface area contributed by atoms with Gasteiger partial charge in [0.15, 0.2) is 0 Å². The lowest BCUT2D eigenvalue weighted by Crippen LogP contribution is -2.34. The second-order valence-corrected chi connectivity index (χ2v) is 5.90. The number of nitrogens with one attached hydrogen (secondary N) is 2. The Hall–Kier alpha value is -2.43. The number of aromatic nitrogens is 2. The van der Waals surface area contributed by atoms with E-state index in [1.807, 2.05) is 18.2 Å². The first-order valence-electron chi connectivity index (χ1n) is 6.99. The molecule has 1 amide bonds. The molecule has 5 nitrogen and oxygen atoms in total. The van der Waals surface area contributed by atoms with Crippen molar-refractivity contribution in [1.29, 1.82) is 0 Å². The highest BCUT2D eigenvalue weighted by Gasteiger charge is 2.27. The van der Waals surface area contributed by atoms with Crippen LogP contribution in [0.25, 0.3) is 0 Å². The minimum absolute atomic E-state index is 0.128. The summed E-state index contributed by atoms with van der Waals surface area (Å²) in [5, 5.41) is 6.22. The van der Waals surface area contributed by atoms with Gasteiger partial charge in [-0.05, 0) is 25.8 Å². The van der Waals surface area contributed by atoms with Gasteiger partial charge >= 0.3 is 0 Å². The first kappa shape index (κ1) is 13.5. The Bertz CT molecular complexity index is 667. The molecule has 0 spiro atoms. The average molecular weight is 282 g/mol. The van der Waals surface area contributed by atoms with Crippen molar-refractivity contribution in [2.24, 2.45) is 0 Å². The van der Waals surface area contributed by atoms with Crippen molar-refractivity contribution in [3.05, 3.63) is 53.5 Å². The predicted molar refractivity (Wildman–Crippen MR) is 81.0 cm³/mol. The Morgan fingerprint density at radius 3 is 2.76 bits per heavy atom. The molecule has 0 bridgehead atoms. The van der Waals surface area contributed by atoms with E-state index in [1.165, 1.54) is 11.9 Å². The van der Waals surface area contributed by atoms with E-state index >= 15 is 0 Å². The molecule has 1 aromatic heterocycles. The number of carbonyl (C=O) groups excluding carboxylic acids is 1. The molecule has 1 aliphatic heterocycles. The van der Waals surface area contributed by atoms with Crippen LogP contribution in [-0.2, 0) is 13.0 Å². The van der Waals surface area contributed by atoms with Crippen molar-refractivity contribution >= 4 is 11.7 Å². The fourth-order valence-electron chi connectivity index (χ4n) is 2.61. The van der Waals surface area contributed by atoms with Crippen LogP contribution in [-0.4, -0.2) is 21.4 Å². The largest absolute Gasteiger partial charge is 0.364 e. The second kappa shape index (κ2) is 5.16. The molecule has 21 heavy (non-hydrogen) atoms. The van der Waals surface area contributed by atoms with Crippen LogP contribution in [0.1, 0.15) is 35.5 Å². The van der Waals surface area contributed by atoms with Crippen LogP contribution in [0.5, 0.6) is 0 Å². The summed E-state index contributed by atoms with van der Waals surface area (Å²) < 4.78 is 0. The smallest absolute Gasteiger partial charge is 0.270 e. The molecule has 1 aliphatic rings. The molecule has 0 radical (unpaired) electrons. The van der Waals surface area contributed by atoms with Crippen LogP contribution >= 0.6 is 0 Å². The van der Waals surface area contributed by atoms with Crippen molar-refractivity contribution in [2.75, 3.05) is 5.32 Å². The first-order chi connectivity index (χ1) is 10.1. The van der Waals surface area contributed by atoms with Crippen molar-refractivity contribution < 1.29 is 4.79 Å². The van der Waals surface area contributed by atoms with Gasteiger partial charge in [0.05, 0.1) is 0 Å². The lowest BCUT2D eigenvalue weighted by atomic mass is 9.94. The molecule has 108 valence electrons. The number of hydrogen-bond donors (Lipinski definition) is 2. The third-order valence-corrected chi connectivity index (χ3v) is 3.53. The summed E-state index contributed by atoms with van der Waals surface area (Å²) >= 11 is 0. The molecule has 0 aliphatic carbocycles. The number of anilines is 1. The van der Waals surface area contributed by atoms with Gasteiger partial charge in [-0.2, -0.15) is 0 Å². The van der Waals surface area contributed by atoms with Crippen LogP contribution in [0.15, 0.2) is 36.7 Å². The number of fused-ring (bicyclic) bond motifs is 1. The van der Waals surface area contributed by atoms with Gasteiger partial charge in [0, 0.05) is 17.6 Å². The Labute approximate surface area is 123 Å². The Morgan fingerprint density at radius 1 is 1.24 bits per heavy atom. The van der Waals surface area contributed by atoms with E-state index in [1.54, 1.807) is 0 Å². The summed E-state index contributed by atoms with van der Waals surface area (Å²) in [6.45, 7) is 4.73. The molecular weight excluding hydrogens is 264 g/mol. The van der Waals surface area contributed by atoms with Gasteiger partial charge in [-0.1, -0.05) is 30.3 Å². The molecule has 0 atom stereocenters. The van der Waals surface area contributed by atoms with E-state index in [4.69, 9.17) is 0 Å². The highest BCUT2D eigenvalue weighted by Crippen LogP contribution is 2.24. The minimum atomic E-state index is -0.172. The van der Waals surface area contributed by atoms with Crippen LogP contribution in [0.2, 0.25) is 0 Å². The van der Waals surface area contributed by atoms with Crippen LogP contribution < -0.4 is 10.6 Å². The summed E-state index contributed by atoms with van der Waals surface area (Å²) in [7, 11) is 0. The normalized spacial score (nSPS) is 13.7. The standard InChI is InChI=1S/C16H18N4O/c1-16(2,8-11-6-4-3-5-7-11)20-14-12-9-17-15(21)13(12)18-10-19-14/h3-7,10H,8-9H2,1-2H3,(H,17,21)(H,18,19,20). The van der Waals surface area contributed by atoms with Crippen molar-refractivity contribution in [3.8, 4) is 0 Å². The molecule has 0 saturated heterocycles. The van der Waals surface area contributed by atoms with Gasteiger partial charge in [-0.15, -0.1) is 0 Å². The number of nitrogens with zero attached hydrogens (tertiary/aromatic N) is 2. The van der Waals surface area contributed by atoms with Gasteiger partial charge in [0.1, 0.15) is 17.8 Å².